The van der Waals surface area contributed by atoms with Gasteiger partial charge in [-0.1, -0.05) is 51.0 Å². The van der Waals surface area contributed by atoms with Gasteiger partial charge in [0.2, 0.25) is 5.91 Å². The number of carbonyl (C=O) groups excluding carboxylic acids is 3. The lowest BCUT2D eigenvalue weighted by atomic mass is 9.73. The second-order valence-electron chi connectivity index (χ2n) is 8.08. The quantitative estimate of drug-likeness (QED) is 0.711. The largest absolute Gasteiger partial charge is 0.325 e. The van der Waals surface area contributed by atoms with Crippen LogP contribution in [0.1, 0.15) is 45.1 Å². The van der Waals surface area contributed by atoms with Crippen LogP contribution in [0.3, 0.4) is 0 Å². The summed E-state index contributed by atoms with van der Waals surface area (Å²) in [7, 11) is 0. The highest BCUT2D eigenvalue weighted by Gasteiger charge is 2.55. The van der Waals surface area contributed by atoms with Gasteiger partial charge in [0.05, 0.1) is 5.69 Å². The molecule has 2 N–H and O–H groups in total. The molecule has 1 aliphatic heterocycles. The van der Waals surface area contributed by atoms with Gasteiger partial charge in [0.15, 0.2) is 5.13 Å². The number of hydrogen-bond acceptors (Lipinski definition) is 5. The summed E-state index contributed by atoms with van der Waals surface area (Å²) < 4.78 is 0. The van der Waals surface area contributed by atoms with Crippen molar-refractivity contribution in [2.24, 2.45) is 5.92 Å². The molecule has 7 nitrogen and oxygen atoms in total. The van der Waals surface area contributed by atoms with Crippen LogP contribution in [0.2, 0.25) is 0 Å². The molecule has 2 atom stereocenters. The van der Waals surface area contributed by atoms with E-state index in [0.29, 0.717) is 11.6 Å². The zero-order valence-corrected chi connectivity index (χ0v) is 18.1. The van der Waals surface area contributed by atoms with Crippen LogP contribution in [0.5, 0.6) is 0 Å². The number of nitrogens with one attached hydrogen (secondary N) is 2. The topological polar surface area (TPSA) is 91.4 Å². The molecular formula is C22H26N4O3S. The molecule has 2 aromatic rings. The van der Waals surface area contributed by atoms with E-state index in [-0.39, 0.29) is 18.4 Å². The Kier molecular flexibility index (Phi) is 5.60. The maximum atomic E-state index is 13.0. The van der Waals surface area contributed by atoms with Gasteiger partial charge in [-0.2, -0.15) is 0 Å². The molecule has 4 amide bonds. The molecule has 158 valence electrons. The minimum Gasteiger partial charge on any atom is -0.323 e. The van der Waals surface area contributed by atoms with E-state index in [1.807, 2.05) is 24.4 Å². The Hall–Kier alpha value is -2.74. The molecule has 30 heavy (non-hydrogen) atoms. The van der Waals surface area contributed by atoms with E-state index in [9.17, 15) is 14.4 Å². The number of carbonyl (C=O) groups is 3. The summed E-state index contributed by atoms with van der Waals surface area (Å²) in [6.45, 7) is 3.79. The summed E-state index contributed by atoms with van der Waals surface area (Å²) in [6.07, 6.45) is 4.45. The summed E-state index contributed by atoms with van der Waals surface area (Å²) in [5, 5.41) is 7.91. The first-order valence-electron chi connectivity index (χ1n) is 10.4. The van der Waals surface area contributed by atoms with E-state index in [1.165, 1.54) is 16.9 Å². The van der Waals surface area contributed by atoms with Crippen LogP contribution in [0.4, 0.5) is 9.93 Å². The van der Waals surface area contributed by atoms with Crippen LogP contribution in [-0.4, -0.2) is 39.8 Å². The first-order valence-corrected chi connectivity index (χ1v) is 11.3. The van der Waals surface area contributed by atoms with E-state index in [2.05, 4.69) is 34.7 Å². The Bertz CT molecular complexity index is 971. The third kappa shape index (κ3) is 3.71. The molecule has 1 aromatic carbocycles. The standard InChI is InChI=1S/C22H26N4O3S/c1-3-15-7-9-16(10-8-15)17-13-30-20(23-17)24-18(27)12-26-19(28)22(25-21(26)29)11-5-4-6-14(22)2/h7-10,13-14H,3-6,11-12H2,1-2H3,(H,25,29)(H,23,24,27)/t14-,22-/m0/s1. The van der Waals surface area contributed by atoms with Crippen LogP contribution in [0.15, 0.2) is 29.6 Å². The number of imide groups is 1. The van der Waals surface area contributed by atoms with Gasteiger partial charge in [-0.05, 0) is 30.7 Å². The minimum atomic E-state index is -0.853. The van der Waals surface area contributed by atoms with Gasteiger partial charge in [0, 0.05) is 10.9 Å². The molecule has 2 heterocycles. The Morgan fingerprint density at radius 2 is 2.07 bits per heavy atom. The van der Waals surface area contributed by atoms with E-state index in [4.69, 9.17) is 0 Å². The number of benzene rings is 1. The maximum absolute atomic E-state index is 13.0. The molecular weight excluding hydrogens is 400 g/mol. The van der Waals surface area contributed by atoms with E-state index in [0.717, 1.165) is 41.8 Å². The number of nitrogens with zero attached hydrogens (tertiary/aromatic N) is 2. The SMILES string of the molecule is CCc1ccc(-c2csc(NC(=O)CN3C(=O)N[C@]4(CCCC[C@@H]4C)C3=O)n2)cc1. The number of rotatable bonds is 5. The molecule has 2 aliphatic rings. The lowest BCUT2D eigenvalue weighted by Gasteiger charge is -2.36. The van der Waals surface area contributed by atoms with Crippen molar-refractivity contribution in [3.05, 3.63) is 35.2 Å². The third-order valence-corrected chi connectivity index (χ3v) is 6.97. The molecule has 0 radical (unpaired) electrons. The minimum absolute atomic E-state index is 0.0661. The molecule has 1 saturated carbocycles. The molecule has 1 spiro atoms. The van der Waals surface area contributed by atoms with Gasteiger partial charge < -0.3 is 10.6 Å². The van der Waals surface area contributed by atoms with Crippen molar-refractivity contribution in [1.29, 1.82) is 0 Å². The summed E-state index contributed by atoms with van der Waals surface area (Å²) >= 11 is 1.32. The van der Waals surface area contributed by atoms with Crippen molar-refractivity contribution < 1.29 is 14.4 Å². The molecule has 8 heteroatoms. The highest BCUT2D eigenvalue weighted by atomic mass is 32.1. The predicted octanol–water partition coefficient (Wildman–Crippen LogP) is 3.81. The first-order chi connectivity index (χ1) is 14.4. The van der Waals surface area contributed by atoms with Gasteiger partial charge >= 0.3 is 6.03 Å². The lowest BCUT2D eigenvalue weighted by Crippen LogP contribution is -2.54. The second kappa shape index (κ2) is 8.18. The Labute approximate surface area is 179 Å². The number of hydrogen-bond donors (Lipinski definition) is 2. The van der Waals surface area contributed by atoms with Crippen molar-refractivity contribution in [3.63, 3.8) is 0 Å². The van der Waals surface area contributed by atoms with Crippen molar-refractivity contribution >= 4 is 34.3 Å². The van der Waals surface area contributed by atoms with Crippen LogP contribution in [0.25, 0.3) is 11.3 Å². The Morgan fingerprint density at radius 1 is 1.30 bits per heavy atom. The van der Waals surface area contributed by atoms with Gasteiger partial charge in [-0.3, -0.25) is 14.5 Å². The predicted molar refractivity (Wildman–Crippen MR) is 116 cm³/mol. The van der Waals surface area contributed by atoms with Crippen LogP contribution in [0, 0.1) is 5.92 Å². The molecule has 1 aliphatic carbocycles. The monoisotopic (exact) mass is 426 g/mol. The highest BCUT2D eigenvalue weighted by Crippen LogP contribution is 2.38. The molecule has 0 unspecified atom stereocenters. The fourth-order valence-electron chi connectivity index (χ4n) is 4.32. The Morgan fingerprint density at radius 3 is 2.77 bits per heavy atom. The fraction of sp³-hybridized carbons (Fsp3) is 0.455. The van der Waals surface area contributed by atoms with Crippen molar-refractivity contribution in [1.82, 2.24) is 15.2 Å². The summed E-state index contributed by atoms with van der Waals surface area (Å²) in [4.78, 5) is 43.4. The number of anilines is 1. The molecule has 1 saturated heterocycles. The van der Waals surface area contributed by atoms with E-state index < -0.39 is 17.5 Å². The highest BCUT2D eigenvalue weighted by molar-refractivity contribution is 7.14. The van der Waals surface area contributed by atoms with Crippen LogP contribution >= 0.6 is 11.3 Å². The molecule has 1 aromatic heterocycles. The number of aromatic nitrogens is 1. The van der Waals surface area contributed by atoms with Gasteiger partial charge in [-0.25, -0.2) is 9.78 Å². The summed E-state index contributed by atoms with van der Waals surface area (Å²) in [5.74, 6) is -0.650. The van der Waals surface area contributed by atoms with Crippen LogP contribution in [-0.2, 0) is 16.0 Å². The van der Waals surface area contributed by atoms with Crippen molar-refractivity contribution in [2.75, 3.05) is 11.9 Å². The smallest absolute Gasteiger partial charge is 0.323 e. The molecule has 4 rings (SSSR count). The number of urea groups is 1. The maximum Gasteiger partial charge on any atom is 0.325 e. The fourth-order valence-corrected chi connectivity index (χ4v) is 5.05. The van der Waals surface area contributed by atoms with Crippen molar-refractivity contribution in [3.8, 4) is 11.3 Å². The third-order valence-electron chi connectivity index (χ3n) is 6.21. The van der Waals surface area contributed by atoms with E-state index >= 15 is 0 Å². The van der Waals surface area contributed by atoms with Crippen molar-refractivity contribution in [2.45, 2.75) is 51.5 Å². The van der Waals surface area contributed by atoms with E-state index in [1.54, 1.807) is 0 Å². The summed E-state index contributed by atoms with van der Waals surface area (Å²) in [5.41, 5.74) is 2.16. The summed E-state index contributed by atoms with van der Waals surface area (Å²) in [6, 6.07) is 7.66. The van der Waals surface area contributed by atoms with Gasteiger partial charge in [0.25, 0.3) is 5.91 Å². The van der Waals surface area contributed by atoms with Gasteiger partial charge in [-0.15, -0.1) is 11.3 Å². The zero-order chi connectivity index (χ0) is 21.3. The normalized spacial score (nSPS) is 23.7. The average molecular weight is 427 g/mol. The number of aryl methyl sites for hydroxylation is 1. The number of amides is 4. The Balaban J connectivity index is 1.41. The lowest BCUT2D eigenvalue weighted by molar-refractivity contribution is -0.136. The number of thiazole rings is 1. The molecule has 0 bridgehead atoms. The molecule has 2 fully saturated rings. The average Bonchev–Trinajstić information content (AvgIpc) is 3.29. The zero-order valence-electron chi connectivity index (χ0n) is 17.2. The van der Waals surface area contributed by atoms with Gasteiger partial charge in [0.1, 0.15) is 12.1 Å². The second-order valence-corrected chi connectivity index (χ2v) is 8.93. The first kappa shape index (κ1) is 20.5. The van der Waals surface area contributed by atoms with Crippen LogP contribution < -0.4 is 10.6 Å².